The fourth-order valence-electron chi connectivity index (χ4n) is 4.02. The molecule has 1 aromatic carbocycles. The number of alkyl halides is 5. The zero-order valence-electron chi connectivity index (χ0n) is 18.9. The van der Waals surface area contributed by atoms with Gasteiger partial charge >= 0.3 is 12.8 Å². The van der Waals surface area contributed by atoms with E-state index in [2.05, 4.69) is 20.4 Å². The van der Waals surface area contributed by atoms with Crippen LogP contribution in [0, 0.1) is 17.6 Å². The molecule has 2 amide bonds. The van der Waals surface area contributed by atoms with Crippen LogP contribution >= 0.6 is 0 Å². The predicted octanol–water partition coefficient (Wildman–Crippen LogP) is 4.40. The van der Waals surface area contributed by atoms with Gasteiger partial charge in [0.15, 0.2) is 17.2 Å². The van der Waals surface area contributed by atoms with E-state index in [-0.39, 0.29) is 11.4 Å². The van der Waals surface area contributed by atoms with Crippen LogP contribution in [0.25, 0.3) is 0 Å². The van der Waals surface area contributed by atoms with Crippen LogP contribution in [0.3, 0.4) is 0 Å². The molecule has 7 nitrogen and oxygen atoms in total. The fraction of sp³-hybridized carbons (Fsp3) is 0.409. The molecule has 196 valence electrons. The van der Waals surface area contributed by atoms with Crippen molar-refractivity contribution in [1.29, 1.82) is 0 Å². The number of ether oxygens (including phenoxy) is 2. The summed E-state index contributed by atoms with van der Waals surface area (Å²) in [5.74, 6) is -9.89. The summed E-state index contributed by atoms with van der Waals surface area (Å²) < 4.78 is 105. The highest BCUT2D eigenvalue weighted by atomic mass is 19.4. The number of carbonyl (C=O) groups excluding carboxylic acids is 2. The van der Waals surface area contributed by atoms with E-state index in [4.69, 9.17) is 4.74 Å². The molecule has 2 N–H and O–H groups in total. The maximum atomic E-state index is 14.4. The summed E-state index contributed by atoms with van der Waals surface area (Å²) >= 11 is 0. The van der Waals surface area contributed by atoms with Gasteiger partial charge in [-0.15, -0.1) is 0 Å². The summed E-state index contributed by atoms with van der Waals surface area (Å²) in [6, 6.07) is 3.66. The van der Waals surface area contributed by atoms with Crippen molar-refractivity contribution in [3.63, 3.8) is 0 Å². The van der Waals surface area contributed by atoms with E-state index in [1.54, 1.807) is 0 Å². The third kappa shape index (κ3) is 4.94. The molecule has 1 aliphatic heterocycles. The van der Waals surface area contributed by atoms with E-state index >= 15 is 0 Å². The first kappa shape index (κ1) is 27.2. The topological polar surface area (TPSA) is 89.6 Å². The van der Waals surface area contributed by atoms with Crippen molar-refractivity contribution in [3.05, 3.63) is 53.4 Å². The van der Waals surface area contributed by atoms with E-state index in [9.17, 15) is 40.3 Å². The minimum absolute atomic E-state index is 0.0430. The Balaban J connectivity index is 2.09. The molecule has 2 heterocycles. The van der Waals surface area contributed by atoms with Gasteiger partial charge in [0.25, 0.3) is 11.8 Å². The lowest BCUT2D eigenvalue weighted by Gasteiger charge is -2.32. The molecule has 4 atom stereocenters. The van der Waals surface area contributed by atoms with E-state index in [0.717, 1.165) is 25.3 Å². The van der Waals surface area contributed by atoms with Crippen molar-refractivity contribution < 1.29 is 49.8 Å². The molecule has 0 spiro atoms. The first-order valence-corrected chi connectivity index (χ1v) is 10.4. The van der Waals surface area contributed by atoms with Crippen LogP contribution in [0.15, 0.2) is 30.5 Å². The molecule has 1 fully saturated rings. The zero-order valence-corrected chi connectivity index (χ0v) is 18.9. The number of benzene rings is 1. The lowest BCUT2D eigenvalue weighted by atomic mass is 9.77. The minimum atomic E-state index is -5.04. The summed E-state index contributed by atoms with van der Waals surface area (Å²) in [5, 5.41) is 4.60. The van der Waals surface area contributed by atoms with Gasteiger partial charge in [-0.25, -0.2) is 4.39 Å². The number of anilines is 1. The maximum absolute atomic E-state index is 14.4. The fourth-order valence-corrected chi connectivity index (χ4v) is 4.02. The molecule has 0 bridgehead atoms. The lowest BCUT2D eigenvalue weighted by Crippen LogP contribution is -2.47. The normalized spacial score (nSPS) is 24.0. The predicted molar refractivity (Wildman–Crippen MR) is 110 cm³/mol. The maximum Gasteiger partial charge on any atom is 0.417 e. The Bertz CT molecular complexity index is 1160. The number of aromatic nitrogens is 1. The summed E-state index contributed by atoms with van der Waals surface area (Å²) in [6.07, 6.45) is -5.89. The number of rotatable bonds is 6. The number of nitrogens with one attached hydrogen (secondary N) is 2. The Labute approximate surface area is 200 Å². The third-order valence-corrected chi connectivity index (χ3v) is 6.06. The van der Waals surface area contributed by atoms with Crippen molar-refractivity contribution in [2.75, 3.05) is 12.4 Å². The van der Waals surface area contributed by atoms with Crippen molar-refractivity contribution in [1.82, 2.24) is 10.3 Å². The van der Waals surface area contributed by atoms with Gasteiger partial charge in [0.05, 0.1) is 0 Å². The second-order valence-corrected chi connectivity index (χ2v) is 8.11. The number of hydrogen-bond donors (Lipinski definition) is 2. The van der Waals surface area contributed by atoms with Gasteiger partial charge < -0.3 is 20.1 Å². The highest BCUT2D eigenvalue weighted by Crippen LogP contribution is 2.55. The number of nitrogens with zero attached hydrogens (tertiary/aromatic N) is 1. The van der Waals surface area contributed by atoms with E-state index in [0.29, 0.717) is 13.0 Å². The van der Waals surface area contributed by atoms with Crippen molar-refractivity contribution in [3.8, 4) is 5.75 Å². The van der Waals surface area contributed by atoms with Crippen LogP contribution < -0.4 is 15.4 Å². The standard InChI is InChI=1S/C22H20F7N3O4/c1-9-14(11-4-5-12(23)15(24)16(11)35-20(25)26)17(36-21(9,2)22(27,28)29)19(34)32-10-6-7-31-13(8-10)18(33)30-3/h4-9,14,17,20H,1-3H3,(H,30,33)(H,31,32,34)/t9-,14+,17+,21+/m0/s1. The SMILES string of the molecule is CNC(=O)c1cc(NC(=O)[C@@H]2O[C@@](C)(C(F)(F)F)[C@@H](C)[C@@H]2c2ccc(F)c(F)c2OC(F)F)ccn1. The number of hydrogen-bond acceptors (Lipinski definition) is 5. The van der Waals surface area contributed by atoms with Crippen LogP contribution in [-0.2, 0) is 9.53 Å². The summed E-state index contributed by atoms with van der Waals surface area (Å²) in [6.45, 7) is -1.95. The zero-order chi connectivity index (χ0) is 27.0. The minimum Gasteiger partial charge on any atom is -0.431 e. The molecule has 0 aliphatic carbocycles. The van der Waals surface area contributed by atoms with Gasteiger partial charge in [-0.05, 0) is 25.1 Å². The number of carbonyl (C=O) groups is 2. The molecule has 3 rings (SSSR count). The van der Waals surface area contributed by atoms with Gasteiger partial charge in [-0.2, -0.15) is 26.3 Å². The molecule has 36 heavy (non-hydrogen) atoms. The summed E-state index contributed by atoms with van der Waals surface area (Å²) in [7, 11) is 1.33. The quantitative estimate of drug-likeness (QED) is 0.548. The van der Waals surface area contributed by atoms with Crippen molar-refractivity contribution in [2.24, 2.45) is 5.92 Å². The number of pyridine rings is 1. The monoisotopic (exact) mass is 523 g/mol. The van der Waals surface area contributed by atoms with Gasteiger partial charge in [0, 0.05) is 36.3 Å². The van der Waals surface area contributed by atoms with Crippen molar-refractivity contribution >= 4 is 17.5 Å². The molecule has 14 heteroatoms. The second-order valence-electron chi connectivity index (χ2n) is 8.11. The molecule has 1 aliphatic rings. The van der Waals surface area contributed by atoms with Gasteiger partial charge in [-0.1, -0.05) is 13.0 Å². The highest BCUT2D eigenvalue weighted by Gasteiger charge is 2.66. The lowest BCUT2D eigenvalue weighted by molar-refractivity contribution is -0.272. The average molecular weight is 523 g/mol. The van der Waals surface area contributed by atoms with E-state index in [1.165, 1.54) is 13.1 Å². The molecule has 1 saturated heterocycles. The highest BCUT2D eigenvalue weighted by molar-refractivity contribution is 5.97. The van der Waals surface area contributed by atoms with E-state index in [1.807, 2.05) is 0 Å². The van der Waals surface area contributed by atoms with Gasteiger partial charge in [0.2, 0.25) is 5.82 Å². The second kappa shape index (κ2) is 9.91. The first-order chi connectivity index (χ1) is 16.7. The van der Waals surface area contributed by atoms with E-state index < -0.39 is 71.1 Å². The largest absolute Gasteiger partial charge is 0.431 e. The summed E-state index contributed by atoms with van der Waals surface area (Å²) in [4.78, 5) is 28.7. The number of amides is 2. The van der Waals surface area contributed by atoms with Gasteiger partial charge in [-0.3, -0.25) is 14.6 Å². The van der Waals surface area contributed by atoms with Crippen LogP contribution in [0.2, 0.25) is 0 Å². The summed E-state index contributed by atoms with van der Waals surface area (Å²) in [5.41, 5.74) is -3.76. The van der Waals surface area contributed by atoms with Crippen LogP contribution in [-0.4, -0.2) is 48.3 Å². The molecule has 2 aromatic rings. The Morgan fingerprint density at radius 2 is 1.86 bits per heavy atom. The Morgan fingerprint density at radius 1 is 1.19 bits per heavy atom. The molecular weight excluding hydrogens is 503 g/mol. The molecule has 0 unspecified atom stereocenters. The van der Waals surface area contributed by atoms with Crippen LogP contribution in [0.4, 0.5) is 36.4 Å². The third-order valence-electron chi connectivity index (χ3n) is 6.06. The van der Waals surface area contributed by atoms with Crippen LogP contribution in [0.1, 0.15) is 35.8 Å². The first-order valence-electron chi connectivity index (χ1n) is 10.4. The van der Waals surface area contributed by atoms with Gasteiger partial charge in [0.1, 0.15) is 11.8 Å². The number of halogens is 7. The van der Waals surface area contributed by atoms with Crippen LogP contribution in [0.5, 0.6) is 5.75 Å². The molecular formula is C22H20F7N3O4. The average Bonchev–Trinajstić information content (AvgIpc) is 3.08. The Kier molecular flexibility index (Phi) is 7.48. The molecule has 1 aromatic heterocycles. The molecule has 0 radical (unpaired) electrons. The molecule has 0 saturated carbocycles. The Hall–Kier alpha value is -3.42. The van der Waals surface area contributed by atoms with Crippen molar-refractivity contribution in [2.45, 2.75) is 44.3 Å². The smallest absolute Gasteiger partial charge is 0.417 e. The Morgan fingerprint density at radius 3 is 2.44 bits per heavy atom.